The summed E-state index contributed by atoms with van der Waals surface area (Å²) >= 11 is 0. The number of aliphatic imine (C=N–C) groups is 1. The summed E-state index contributed by atoms with van der Waals surface area (Å²) < 4.78 is 27.8. The molecule has 3 rings (SSSR count). The van der Waals surface area contributed by atoms with Crippen molar-refractivity contribution in [3.8, 4) is 0 Å². The van der Waals surface area contributed by atoms with Crippen LogP contribution in [0, 0.1) is 0 Å². The van der Waals surface area contributed by atoms with Crippen LogP contribution in [0.2, 0.25) is 0 Å². The summed E-state index contributed by atoms with van der Waals surface area (Å²) in [5.74, 6) is 0.278. The highest BCUT2D eigenvalue weighted by molar-refractivity contribution is 7.90. The summed E-state index contributed by atoms with van der Waals surface area (Å²) in [4.78, 5) is 17.0. The van der Waals surface area contributed by atoms with Crippen LogP contribution in [0.5, 0.6) is 0 Å². The number of rotatable bonds is 4. The van der Waals surface area contributed by atoms with Gasteiger partial charge in [0.2, 0.25) is 0 Å². The molecule has 6 nitrogen and oxygen atoms in total. The van der Waals surface area contributed by atoms with Crippen LogP contribution in [-0.2, 0) is 15.4 Å². The first-order valence-electron chi connectivity index (χ1n) is 10.2. The Labute approximate surface area is 178 Å². The van der Waals surface area contributed by atoms with Crippen LogP contribution in [0.15, 0.2) is 58.4 Å². The molecule has 2 N–H and O–H groups in total. The Balaban J connectivity index is 1.66. The van der Waals surface area contributed by atoms with Gasteiger partial charge in [0.25, 0.3) is 15.9 Å². The van der Waals surface area contributed by atoms with Crippen molar-refractivity contribution < 1.29 is 13.2 Å². The van der Waals surface area contributed by atoms with E-state index < -0.39 is 10.0 Å². The van der Waals surface area contributed by atoms with Crippen molar-refractivity contribution in [3.63, 3.8) is 0 Å². The fourth-order valence-electron chi connectivity index (χ4n) is 3.21. The van der Waals surface area contributed by atoms with Crippen LogP contribution in [0.25, 0.3) is 0 Å². The summed E-state index contributed by atoms with van der Waals surface area (Å²) in [5, 5.41) is 2.81. The van der Waals surface area contributed by atoms with Gasteiger partial charge in [0.05, 0.1) is 4.90 Å². The number of sulfonamides is 1. The fourth-order valence-corrected chi connectivity index (χ4v) is 4.30. The van der Waals surface area contributed by atoms with Crippen LogP contribution >= 0.6 is 0 Å². The van der Waals surface area contributed by atoms with E-state index in [9.17, 15) is 13.2 Å². The molecule has 0 aliphatic carbocycles. The standard InChI is InChI=1S/C23H29N3O3S/c1-23(2,3)18-10-8-17(9-11-18)22(27)25-19-12-14-20(15-13-19)30(28,29)26-21-7-5-4-6-16-24-21/h8-15H,4-7,16H2,1-3H3,(H,24,26)(H,25,27). The predicted octanol–water partition coefficient (Wildman–Crippen LogP) is 4.49. The molecule has 1 amide bonds. The van der Waals surface area contributed by atoms with Crippen LogP contribution in [0.1, 0.15) is 62.4 Å². The number of anilines is 1. The summed E-state index contributed by atoms with van der Waals surface area (Å²) in [5.41, 5.74) is 2.25. The molecule has 1 heterocycles. The smallest absolute Gasteiger partial charge is 0.262 e. The highest BCUT2D eigenvalue weighted by Gasteiger charge is 2.18. The van der Waals surface area contributed by atoms with Gasteiger partial charge in [-0.25, -0.2) is 8.42 Å². The van der Waals surface area contributed by atoms with E-state index in [4.69, 9.17) is 0 Å². The Morgan fingerprint density at radius 3 is 2.23 bits per heavy atom. The van der Waals surface area contributed by atoms with Crippen molar-refractivity contribution >= 4 is 27.5 Å². The second kappa shape index (κ2) is 9.00. The number of nitrogens with one attached hydrogen (secondary N) is 2. The number of amidine groups is 1. The molecule has 2 aromatic carbocycles. The summed E-state index contributed by atoms with van der Waals surface area (Å²) in [6.07, 6.45) is 3.62. The first-order valence-corrected chi connectivity index (χ1v) is 11.7. The third-order valence-electron chi connectivity index (χ3n) is 5.06. The molecule has 0 bridgehead atoms. The number of amides is 1. The van der Waals surface area contributed by atoms with Gasteiger partial charge in [-0.2, -0.15) is 0 Å². The van der Waals surface area contributed by atoms with E-state index in [1.165, 1.54) is 12.1 Å². The lowest BCUT2D eigenvalue weighted by molar-refractivity contribution is 0.102. The number of hydrogen-bond acceptors (Lipinski definition) is 4. The third-order valence-corrected chi connectivity index (χ3v) is 6.46. The predicted molar refractivity (Wildman–Crippen MR) is 121 cm³/mol. The zero-order valence-electron chi connectivity index (χ0n) is 17.7. The van der Waals surface area contributed by atoms with Gasteiger partial charge in [0.1, 0.15) is 5.84 Å². The Kier molecular flexibility index (Phi) is 6.61. The zero-order chi connectivity index (χ0) is 21.8. The Hall–Kier alpha value is -2.67. The quantitative estimate of drug-likeness (QED) is 0.754. The molecule has 1 aliphatic heterocycles. The summed E-state index contributed by atoms with van der Waals surface area (Å²) in [7, 11) is -3.69. The van der Waals surface area contributed by atoms with Gasteiger partial charge in [-0.1, -0.05) is 39.3 Å². The van der Waals surface area contributed by atoms with E-state index >= 15 is 0 Å². The van der Waals surface area contributed by atoms with E-state index in [0.29, 0.717) is 30.1 Å². The first kappa shape index (κ1) is 22.0. The van der Waals surface area contributed by atoms with Crippen LogP contribution in [0.3, 0.4) is 0 Å². The van der Waals surface area contributed by atoms with Gasteiger partial charge in [0.15, 0.2) is 0 Å². The maximum Gasteiger partial charge on any atom is 0.262 e. The van der Waals surface area contributed by atoms with Gasteiger partial charge in [-0.15, -0.1) is 0 Å². The van der Waals surface area contributed by atoms with E-state index in [1.54, 1.807) is 24.3 Å². The third kappa shape index (κ3) is 5.69. The van der Waals surface area contributed by atoms with Gasteiger partial charge < -0.3 is 5.32 Å². The van der Waals surface area contributed by atoms with Gasteiger partial charge in [-0.3, -0.25) is 14.5 Å². The molecule has 0 atom stereocenters. The van der Waals surface area contributed by atoms with Crippen LogP contribution < -0.4 is 10.0 Å². The van der Waals surface area contributed by atoms with Crippen molar-refractivity contribution in [2.24, 2.45) is 4.99 Å². The van der Waals surface area contributed by atoms with Crippen molar-refractivity contribution in [2.45, 2.75) is 56.8 Å². The van der Waals surface area contributed by atoms with Crippen molar-refractivity contribution in [2.75, 3.05) is 11.9 Å². The van der Waals surface area contributed by atoms with E-state index in [-0.39, 0.29) is 16.2 Å². The SMILES string of the molecule is CC(C)(C)c1ccc(C(=O)Nc2ccc(S(=O)(=O)NC3=NCCCCC3)cc2)cc1. The monoisotopic (exact) mass is 427 g/mol. The molecule has 30 heavy (non-hydrogen) atoms. The Bertz CT molecular complexity index is 1020. The molecular weight excluding hydrogens is 398 g/mol. The molecule has 2 aromatic rings. The van der Waals surface area contributed by atoms with Crippen molar-refractivity contribution in [1.29, 1.82) is 0 Å². The average Bonchev–Trinajstić information content (AvgIpc) is 2.96. The van der Waals surface area contributed by atoms with Crippen LogP contribution in [0.4, 0.5) is 5.69 Å². The molecule has 0 spiro atoms. The van der Waals surface area contributed by atoms with Crippen LogP contribution in [-0.4, -0.2) is 26.7 Å². The lowest BCUT2D eigenvalue weighted by Gasteiger charge is -2.19. The number of carbonyl (C=O) groups excluding carboxylic acids is 1. The largest absolute Gasteiger partial charge is 0.322 e. The minimum Gasteiger partial charge on any atom is -0.322 e. The maximum absolute atomic E-state index is 12.6. The molecule has 0 fully saturated rings. The molecule has 0 aromatic heterocycles. The number of hydrogen-bond donors (Lipinski definition) is 2. The number of nitrogens with zero attached hydrogens (tertiary/aromatic N) is 1. The maximum atomic E-state index is 12.6. The number of carbonyl (C=O) groups is 1. The average molecular weight is 428 g/mol. The van der Waals surface area contributed by atoms with Crippen molar-refractivity contribution in [3.05, 3.63) is 59.7 Å². The molecule has 0 unspecified atom stereocenters. The van der Waals surface area contributed by atoms with Crippen molar-refractivity contribution in [1.82, 2.24) is 4.72 Å². The lowest BCUT2D eigenvalue weighted by Crippen LogP contribution is -2.30. The molecular formula is C23H29N3O3S. The normalized spacial score (nSPS) is 15.1. The van der Waals surface area contributed by atoms with E-state index in [0.717, 1.165) is 24.8 Å². The second-order valence-corrected chi connectivity index (χ2v) is 10.2. The molecule has 0 saturated heterocycles. The second-order valence-electron chi connectivity index (χ2n) is 8.55. The fraction of sp³-hybridized carbons (Fsp3) is 0.391. The zero-order valence-corrected chi connectivity index (χ0v) is 18.6. The minimum absolute atomic E-state index is 0.0205. The summed E-state index contributed by atoms with van der Waals surface area (Å²) in [6, 6.07) is 13.6. The first-order chi connectivity index (χ1) is 14.1. The Morgan fingerprint density at radius 1 is 0.933 bits per heavy atom. The molecule has 0 radical (unpaired) electrons. The van der Waals surface area contributed by atoms with Gasteiger partial charge >= 0.3 is 0 Å². The molecule has 160 valence electrons. The molecule has 0 saturated carbocycles. The van der Waals surface area contributed by atoms with E-state index in [2.05, 4.69) is 35.8 Å². The van der Waals surface area contributed by atoms with E-state index in [1.807, 2.05) is 12.1 Å². The molecule has 1 aliphatic rings. The molecule has 7 heteroatoms. The highest BCUT2D eigenvalue weighted by atomic mass is 32.2. The van der Waals surface area contributed by atoms with Gasteiger partial charge in [-0.05, 0) is 60.2 Å². The topological polar surface area (TPSA) is 87.6 Å². The Morgan fingerprint density at radius 2 is 1.60 bits per heavy atom. The minimum atomic E-state index is -3.69. The highest BCUT2D eigenvalue weighted by Crippen LogP contribution is 2.22. The lowest BCUT2D eigenvalue weighted by atomic mass is 9.87. The van der Waals surface area contributed by atoms with Gasteiger partial charge in [0, 0.05) is 24.2 Å². The number of benzene rings is 2. The summed E-state index contributed by atoms with van der Waals surface area (Å²) in [6.45, 7) is 7.01.